The van der Waals surface area contributed by atoms with Crippen LogP contribution in [0.4, 0.5) is 0 Å². The van der Waals surface area contributed by atoms with Crippen molar-refractivity contribution < 1.29 is 82.2 Å². The third kappa shape index (κ3) is 20.7. The number of pyridine rings is 3. The minimum Gasteiger partial charge on any atom is -0.507 e. The van der Waals surface area contributed by atoms with Crippen molar-refractivity contribution in [3.8, 4) is 11.5 Å². The van der Waals surface area contributed by atoms with E-state index in [0.717, 1.165) is 44.0 Å². The average molecular weight is 1190 g/mol. The first-order chi connectivity index (χ1) is 40.6. The molecular weight excluding hydrogens is 1120 g/mol. The fraction of sp³-hybridized carbons (Fsp3) is 0.361. The number of phenolic OH excluding ortho intramolecular Hbond substituents is 2. The molecule has 1 fully saturated rings. The van der Waals surface area contributed by atoms with Crippen molar-refractivity contribution in [2.24, 2.45) is 5.73 Å². The van der Waals surface area contributed by atoms with Crippen molar-refractivity contribution in [3.63, 3.8) is 0 Å². The molecule has 0 unspecified atom stereocenters. The van der Waals surface area contributed by atoms with E-state index in [1.54, 1.807) is 52.0 Å². The minimum atomic E-state index is -1.32. The summed E-state index contributed by atoms with van der Waals surface area (Å²) in [5.41, 5.74) is 5.87. The highest BCUT2D eigenvalue weighted by Gasteiger charge is 2.26. The number of Topliss-reactive ketones (excluding diaryl/α,β-unsaturated/α-hetero) is 3. The molecule has 0 atom stereocenters. The lowest BCUT2D eigenvalue weighted by atomic mass is 9.93. The Hall–Kier alpha value is -10.1. The van der Waals surface area contributed by atoms with Gasteiger partial charge < -0.3 is 60.3 Å². The molecule has 4 aliphatic rings. The summed E-state index contributed by atoms with van der Waals surface area (Å²) in [5, 5.41) is 30.7. The third-order valence-electron chi connectivity index (χ3n) is 12.4. The molecule has 2 aromatic carbocycles. The summed E-state index contributed by atoms with van der Waals surface area (Å²) in [6.45, 7) is 7.33. The van der Waals surface area contributed by atoms with Crippen LogP contribution in [-0.2, 0) is 54.1 Å². The number of fused-ring (bicyclic) bond motifs is 3. The maximum absolute atomic E-state index is 12.0. The van der Waals surface area contributed by atoms with Gasteiger partial charge in [0, 0.05) is 80.1 Å². The smallest absolute Gasteiger partial charge is 0.347 e. The summed E-state index contributed by atoms with van der Waals surface area (Å²) in [6, 6.07) is 9.13. The van der Waals surface area contributed by atoms with Crippen molar-refractivity contribution in [1.29, 1.82) is 0 Å². The van der Waals surface area contributed by atoms with Gasteiger partial charge in [-0.2, -0.15) is 0 Å². The number of esters is 4. The van der Waals surface area contributed by atoms with Gasteiger partial charge in [-0.1, -0.05) is 19.6 Å². The Morgan fingerprint density at radius 2 is 1.01 bits per heavy atom. The molecule has 0 saturated heterocycles. The highest BCUT2D eigenvalue weighted by Crippen LogP contribution is 2.22. The number of aromatic nitrogens is 3. The normalized spacial score (nSPS) is 13.9. The maximum Gasteiger partial charge on any atom is 0.347 e. The predicted octanol–water partition coefficient (Wildman–Crippen LogP) is 6.55. The molecule has 3 aromatic heterocycles. The van der Waals surface area contributed by atoms with Gasteiger partial charge in [-0.05, 0) is 103 Å². The number of ether oxygens (including phenoxy) is 4. The van der Waals surface area contributed by atoms with Crippen molar-refractivity contribution in [2.45, 2.75) is 119 Å². The molecule has 0 amide bonds. The summed E-state index contributed by atoms with van der Waals surface area (Å²) in [6.07, 6.45) is 16.4. The van der Waals surface area contributed by atoms with Crippen molar-refractivity contribution in [1.82, 2.24) is 20.3 Å². The quantitative estimate of drug-likeness (QED) is 0.0228. The monoisotopic (exact) mass is 1190 g/mol. The molecule has 460 valence electrons. The van der Waals surface area contributed by atoms with E-state index in [-0.39, 0.29) is 119 Å². The topological polar surface area (TPSA) is 405 Å². The largest absolute Gasteiger partial charge is 0.507 e. The summed E-state index contributed by atoms with van der Waals surface area (Å²) < 4.78 is 19.1. The van der Waals surface area contributed by atoms with E-state index in [2.05, 4.69) is 20.3 Å². The fourth-order valence-corrected chi connectivity index (χ4v) is 8.38. The first-order valence-corrected chi connectivity index (χ1v) is 27.2. The van der Waals surface area contributed by atoms with Gasteiger partial charge in [-0.3, -0.25) is 38.4 Å². The summed E-state index contributed by atoms with van der Waals surface area (Å²) >= 11 is 0. The zero-order valence-corrected chi connectivity index (χ0v) is 47.3. The van der Waals surface area contributed by atoms with Crippen LogP contribution in [0.15, 0.2) is 105 Å². The van der Waals surface area contributed by atoms with E-state index < -0.39 is 46.1 Å². The molecule has 0 aliphatic heterocycles. The van der Waals surface area contributed by atoms with E-state index >= 15 is 0 Å². The number of carboxylic acids is 1. The standard InChI is InChI=1S/C14H19NO5.C12H13NO4.C12H11NO4.C10H7NO4.C6H9NO.C6H8O2.CH4/c1-3-19-13(17)12(14(18)20-4-2)9-15-10-6-5-7-11(16)8-10;2*1-2-17-12(16)7-6-13-8-4-3-5-9(14)10(8)11(7)15;12-7-3-1-2-6-8(7)9(13)5(4-11-6)10(14)15;2*7-5-2-1-3-6(8)4-5;/h8-9,15H,3-7H2,1-2H3;6H,2-5H2,1H3,(H,13,15);3-6,14H,2H2,1H3,(H,13,15);1-4,12H,(H,11,13)(H,14,15);4H,1-3,7H2;1-4H2;1H4. The van der Waals surface area contributed by atoms with Gasteiger partial charge in [-0.25, -0.2) is 24.0 Å². The number of benzene rings is 2. The second-order valence-electron chi connectivity index (χ2n) is 18.6. The van der Waals surface area contributed by atoms with E-state index in [4.69, 9.17) is 29.8 Å². The Morgan fingerprint density at radius 3 is 1.47 bits per heavy atom. The molecule has 4 aliphatic carbocycles. The summed E-state index contributed by atoms with van der Waals surface area (Å²) in [4.78, 5) is 155. The molecule has 25 heteroatoms. The van der Waals surface area contributed by atoms with Gasteiger partial charge in [0.05, 0.1) is 60.2 Å². The van der Waals surface area contributed by atoms with Crippen LogP contribution in [0.5, 0.6) is 11.5 Å². The van der Waals surface area contributed by atoms with E-state index in [9.17, 15) is 72.5 Å². The second-order valence-corrected chi connectivity index (χ2v) is 18.6. The Labute approximate surface area is 492 Å². The van der Waals surface area contributed by atoms with Crippen LogP contribution in [0.3, 0.4) is 0 Å². The molecule has 0 spiro atoms. The van der Waals surface area contributed by atoms with Crippen LogP contribution in [0.25, 0.3) is 21.8 Å². The lowest BCUT2D eigenvalue weighted by Gasteiger charge is -2.14. The number of nitrogens with two attached hydrogens (primary N) is 1. The third-order valence-corrected chi connectivity index (χ3v) is 12.4. The van der Waals surface area contributed by atoms with Crippen molar-refractivity contribution in [2.75, 3.05) is 26.4 Å². The lowest BCUT2D eigenvalue weighted by molar-refractivity contribution is -0.146. The Bertz CT molecular complexity index is 3590. The number of carbonyl (C=O) groups excluding carboxylic acids is 9. The van der Waals surface area contributed by atoms with Crippen molar-refractivity contribution in [3.05, 3.63) is 149 Å². The van der Waals surface area contributed by atoms with Crippen LogP contribution in [-0.4, -0.2) is 115 Å². The Morgan fingerprint density at radius 1 is 0.558 bits per heavy atom. The lowest BCUT2D eigenvalue weighted by Crippen LogP contribution is -2.28. The number of allylic oxidation sites excluding steroid dienone is 4. The van der Waals surface area contributed by atoms with Gasteiger partial charge in [-0.15, -0.1) is 0 Å². The van der Waals surface area contributed by atoms with Crippen LogP contribution in [0.2, 0.25) is 0 Å². The summed E-state index contributed by atoms with van der Waals surface area (Å²) in [5.74, 6) is -4.35. The number of aromatic hydroxyl groups is 2. The second kappa shape index (κ2) is 35.2. The molecule has 0 bridgehead atoms. The maximum atomic E-state index is 12.0. The number of hydrogen-bond donors (Lipinski definition) is 8. The fourth-order valence-electron chi connectivity index (χ4n) is 8.38. The number of H-pyrrole nitrogens is 3. The number of carbonyl (C=O) groups is 10. The van der Waals surface area contributed by atoms with Gasteiger partial charge in [0.1, 0.15) is 39.8 Å². The number of aromatic carboxylic acids is 1. The molecular formula is C61H71N5O20. The Kier molecular flexibility index (Phi) is 28.7. The zero-order valence-electron chi connectivity index (χ0n) is 47.3. The highest BCUT2D eigenvalue weighted by atomic mass is 16.6. The number of rotatable bonds is 11. The summed E-state index contributed by atoms with van der Waals surface area (Å²) in [7, 11) is 0. The van der Waals surface area contributed by atoms with Crippen LogP contribution < -0.4 is 27.3 Å². The van der Waals surface area contributed by atoms with Crippen LogP contribution >= 0.6 is 0 Å². The van der Waals surface area contributed by atoms with Gasteiger partial charge >= 0.3 is 29.8 Å². The van der Waals surface area contributed by atoms with Crippen LogP contribution in [0, 0.1) is 0 Å². The van der Waals surface area contributed by atoms with E-state index in [1.165, 1.54) is 42.9 Å². The van der Waals surface area contributed by atoms with Gasteiger partial charge in [0.15, 0.2) is 22.9 Å². The average Bonchev–Trinajstić information content (AvgIpc) is 1.30. The predicted molar refractivity (Wildman–Crippen MR) is 313 cm³/mol. The number of nitrogens with one attached hydrogen (secondary N) is 4. The molecule has 86 heavy (non-hydrogen) atoms. The van der Waals surface area contributed by atoms with Gasteiger partial charge in [0.2, 0.25) is 16.3 Å². The van der Waals surface area contributed by atoms with E-state index in [1.807, 2.05) is 0 Å². The van der Waals surface area contributed by atoms with E-state index in [0.29, 0.717) is 67.4 Å². The molecule has 9 N–H and O–H groups in total. The SMILES string of the molecule is C.CCOC(=O)C(=CNC1=CC(=O)CCC1)C(=O)OCC.CCOC(=O)c1c[nH]c2c(c1=O)C(=O)CCC2.CCOC(=O)c1c[nH]c2cccc(O)c2c1=O.NC1=CC(=O)CCC1.O=C(O)c1c[nH]c2cccc(O)c2c1=O.O=C1CCCC(=O)C1. The number of carboxylic acid groups (broad SMARTS) is 1. The number of aryl methyl sites for hydroxylation is 1. The number of hydrogen-bond acceptors (Lipinski definition) is 21. The first kappa shape index (κ1) is 70.2. The number of aromatic amines is 3. The first-order valence-electron chi connectivity index (χ1n) is 27.2. The highest BCUT2D eigenvalue weighted by molar-refractivity contribution is 6.14. The number of ketones is 5. The number of phenols is 2. The molecule has 5 aromatic rings. The van der Waals surface area contributed by atoms with Crippen LogP contribution in [0.1, 0.15) is 159 Å². The Balaban J connectivity index is 0.000000276. The molecule has 1 saturated carbocycles. The zero-order chi connectivity index (χ0) is 62.8. The minimum absolute atomic E-state index is 0. The molecule has 0 radical (unpaired) electrons. The molecule has 3 heterocycles. The van der Waals surface area contributed by atoms with Gasteiger partial charge in [0.25, 0.3) is 0 Å². The molecule has 9 rings (SSSR count). The van der Waals surface area contributed by atoms with Crippen molar-refractivity contribution >= 4 is 80.6 Å². The molecule has 25 nitrogen and oxygen atoms in total.